The Bertz CT molecular complexity index is 495. The maximum atomic E-state index is 12.4. The summed E-state index contributed by atoms with van der Waals surface area (Å²) in [5.41, 5.74) is 0.997. The fourth-order valence-corrected chi connectivity index (χ4v) is 4.02. The summed E-state index contributed by atoms with van der Waals surface area (Å²) < 4.78 is 0. The molecule has 21 heavy (non-hydrogen) atoms. The molecule has 0 aliphatic carbocycles. The summed E-state index contributed by atoms with van der Waals surface area (Å²) in [6.45, 7) is 2.05. The molecule has 1 amide bonds. The second-order valence-electron chi connectivity index (χ2n) is 5.09. The van der Waals surface area contributed by atoms with Crippen LogP contribution in [0.1, 0.15) is 31.7 Å². The van der Waals surface area contributed by atoms with Crippen molar-refractivity contribution in [2.24, 2.45) is 0 Å². The predicted molar refractivity (Wildman–Crippen MR) is 82.0 cm³/mol. The van der Waals surface area contributed by atoms with E-state index in [-0.39, 0.29) is 11.3 Å². The molecule has 114 valence electrons. The van der Waals surface area contributed by atoms with Crippen LogP contribution in [0.15, 0.2) is 24.5 Å². The van der Waals surface area contributed by atoms with E-state index in [1.165, 1.54) is 0 Å². The molecule has 2 heterocycles. The van der Waals surface area contributed by atoms with Crippen molar-refractivity contribution < 1.29 is 14.7 Å². The molecule has 1 fully saturated rings. The van der Waals surface area contributed by atoms with Gasteiger partial charge >= 0.3 is 5.97 Å². The van der Waals surface area contributed by atoms with E-state index < -0.39 is 12.0 Å². The maximum absolute atomic E-state index is 12.4. The highest BCUT2D eigenvalue weighted by atomic mass is 32.2. The molecule has 0 aromatic carbocycles. The monoisotopic (exact) mass is 308 g/mol. The van der Waals surface area contributed by atoms with Gasteiger partial charge in [-0.2, -0.15) is 0 Å². The van der Waals surface area contributed by atoms with Crippen LogP contribution in [0, 0.1) is 0 Å². The van der Waals surface area contributed by atoms with Gasteiger partial charge in [-0.1, -0.05) is 19.4 Å². The molecule has 0 bridgehead atoms. The molecule has 1 aromatic heterocycles. The van der Waals surface area contributed by atoms with Crippen LogP contribution in [0.25, 0.3) is 0 Å². The molecule has 6 heteroatoms. The molecule has 1 N–H and O–H groups in total. The van der Waals surface area contributed by atoms with Gasteiger partial charge in [-0.3, -0.25) is 9.78 Å². The zero-order valence-corrected chi connectivity index (χ0v) is 12.9. The van der Waals surface area contributed by atoms with Gasteiger partial charge < -0.3 is 10.0 Å². The van der Waals surface area contributed by atoms with Crippen molar-refractivity contribution in [3.05, 3.63) is 30.1 Å². The molecule has 2 atom stereocenters. The average molecular weight is 308 g/mol. The SMILES string of the molecule is CCCC1SCC(C(=O)O)N1C(=O)CCc1cccnc1. The largest absolute Gasteiger partial charge is 0.480 e. The van der Waals surface area contributed by atoms with Crippen LogP contribution in [-0.2, 0) is 16.0 Å². The molecule has 0 saturated carbocycles. The van der Waals surface area contributed by atoms with Gasteiger partial charge in [-0.25, -0.2) is 4.79 Å². The predicted octanol–water partition coefficient (Wildman–Crippen LogP) is 2.17. The van der Waals surface area contributed by atoms with Crippen LogP contribution in [0.3, 0.4) is 0 Å². The van der Waals surface area contributed by atoms with E-state index in [0.717, 1.165) is 18.4 Å². The molecular formula is C15H20N2O3S. The second-order valence-corrected chi connectivity index (χ2v) is 6.30. The van der Waals surface area contributed by atoms with Crippen molar-refractivity contribution >= 4 is 23.6 Å². The van der Waals surface area contributed by atoms with Gasteiger partial charge in [0.05, 0.1) is 5.37 Å². The Hall–Kier alpha value is -1.56. The van der Waals surface area contributed by atoms with Crippen LogP contribution >= 0.6 is 11.8 Å². The van der Waals surface area contributed by atoms with Crippen LogP contribution in [-0.4, -0.2) is 44.0 Å². The van der Waals surface area contributed by atoms with Gasteiger partial charge in [-0.15, -0.1) is 11.8 Å². The summed E-state index contributed by atoms with van der Waals surface area (Å²) in [4.78, 5) is 29.4. The Balaban J connectivity index is 2.01. The van der Waals surface area contributed by atoms with Gasteiger partial charge in [0.25, 0.3) is 0 Å². The van der Waals surface area contributed by atoms with Crippen molar-refractivity contribution in [2.75, 3.05) is 5.75 Å². The number of carbonyl (C=O) groups is 2. The van der Waals surface area contributed by atoms with E-state index in [0.29, 0.717) is 18.6 Å². The van der Waals surface area contributed by atoms with Crippen LogP contribution in [0.4, 0.5) is 0 Å². The summed E-state index contributed by atoms with van der Waals surface area (Å²) in [6, 6.07) is 3.08. The number of carboxylic acids is 1. The summed E-state index contributed by atoms with van der Waals surface area (Å²) in [5.74, 6) is -0.496. The van der Waals surface area contributed by atoms with E-state index >= 15 is 0 Å². The third-order valence-corrected chi connectivity index (χ3v) is 4.91. The molecular weight excluding hydrogens is 288 g/mol. The number of hydrogen-bond acceptors (Lipinski definition) is 4. The standard InChI is InChI=1S/C15H20N2O3S/c1-2-4-14-17(12(10-21-14)15(19)20)13(18)7-6-11-5-3-8-16-9-11/h3,5,8-9,12,14H,2,4,6-7,10H2,1H3,(H,19,20). The number of nitrogens with zero attached hydrogens (tertiary/aromatic N) is 2. The Kier molecular flexibility index (Phi) is 5.61. The van der Waals surface area contributed by atoms with E-state index in [1.807, 2.05) is 19.1 Å². The van der Waals surface area contributed by atoms with Crippen molar-refractivity contribution in [2.45, 2.75) is 44.0 Å². The lowest BCUT2D eigenvalue weighted by atomic mass is 10.1. The number of pyridine rings is 1. The number of thioether (sulfide) groups is 1. The Morgan fingerprint density at radius 2 is 2.33 bits per heavy atom. The van der Waals surface area contributed by atoms with Gasteiger partial charge in [0.1, 0.15) is 6.04 Å². The topological polar surface area (TPSA) is 70.5 Å². The Morgan fingerprint density at radius 1 is 1.52 bits per heavy atom. The molecule has 0 spiro atoms. The first-order chi connectivity index (χ1) is 10.1. The number of hydrogen-bond donors (Lipinski definition) is 1. The van der Waals surface area contributed by atoms with E-state index in [4.69, 9.17) is 0 Å². The second kappa shape index (κ2) is 7.45. The fraction of sp³-hybridized carbons (Fsp3) is 0.533. The van der Waals surface area contributed by atoms with Gasteiger partial charge in [0.15, 0.2) is 0 Å². The number of aromatic nitrogens is 1. The van der Waals surface area contributed by atoms with Crippen molar-refractivity contribution in [1.82, 2.24) is 9.88 Å². The van der Waals surface area contributed by atoms with Crippen molar-refractivity contribution in [1.29, 1.82) is 0 Å². The highest BCUT2D eigenvalue weighted by molar-refractivity contribution is 8.00. The number of aryl methyl sites for hydroxylation is 1. The normalized spacial score (nSPS) is 21.5. The number of carbonyl (C=O) groups excluding carboxylic acids is 1. The minimum atomic E-state index is -0.907. The van der Waals surface area contributed by atoms with Gasteiger partial charge in [0, 0.05) is 24.6 Å². The number of carboxylic acid groups (broad SMARTS) is 1. The minimum absolute atomic E-state index is 0.00232. The quantitative estimate of drug-likeness (QED) is 0.872. The first-order valence-electron chi connectivity index (χ1n) is 7.18. The molecule has 2 rings (SSSR count). The van der Waals surface area contributed by atoms with Gasteiger partial charge in [0.2, 0.25) is 5.91 Å². The Labute approximate surface area is 128 Å². The fourth-order valence-electron chi connectivity index (χ4n) is 2.48. The van der Waals surface area contributed by atoms with Crippen LogP contribution < -0.4 is 0 Å². The third kappa shape index (κ3) is 3.97. The lowest BCUT2D eigenvalue weighted by Crippen LogP contribution is -2.45. The molecule has 1 saturated heterocycles. The maximum Gasteiger partial charge on any atom is 0.327 e. The van der Waals surface area contributed by atoms with Crippen LogP contribution in [0.5, 0.6) is 0 Å². The first kappa shape index (κ1) is 15.8. The highest BCUT2D eigenvalue weighted by Gasteiger charge is 2.40. The number of rotatable bonds is 6. The zero-order valence-electron chi connectivity index (χ0n) is 12.1. The summed E-state index contributed by atoms with van der Waals surface area (Å²) in [7, 11) is 0. The number of amides is 1. The molecule has 2 unspecified atom stereocenters. The summed E-state index contributed by atoms with van der Waals surface area (Å²) in [6.07, 6.45) is 6.14. The highest BCUT2D eigenvalue weighted by Crippen LogP contribution is 2.33. The average Bonchev–Trinajstić information content (AvgIpc) is 2.90. The number of aliphatic carboxylic acids is 1. The van der Waals surface area contributed by atoms with Crippen molar-refractivity contribution in [3.8, 4) is 0 Å². The molecule has 1 aliphatic rings. The van der Waals surface area contributed by atoms with Crippen molar-refractivity contribution in [3.63, 3.8) is 0 Å². The van der Waals surface area contributed by atoms with E-state index in [1.54, 1.807) is 29.1 Å². The summed E-state index contributed by atoms with van der Waals surface area (Å²) in [5, 5.41) is 9.28. The lowest BCUT2D eigenvalue weighted by molar-refractivity contribution is -0.149. The molecule has 1 aromatic rings. The van der Waals surface area contributed by atoms with E-state index in [2.05, 4.69) is 4.98 Å². The van der Waals surface area contributed by atoms with Gasteiger partial charge in [-0.05, 0) is 24.5 Å². The minimum Gasteiger partial charge on any atom is -0.480 e. The summed E-state index contributed by atoms with van der Waals surface area (Å²) >= 11 is 1.57. The van der Waals surface area contributed by atoms with Crippen LogP contribution in [0.2, 0.25) is 0 Å². The molecule has 0 radical (unpaired) electrons. The molecule has 5 nitrogen and oxygen atoms in total. The third-order valence-electron chi connectivity index (χ3n) is 3.55. The first-order valence-corrected chi connectivity index (χ1v) is 8.22. The molecule has 1 aliphatic heterocycles. The lowest BCUT2D eigenvalue weighted by Gasteiger charge is -2.27. The Morgan fingerprint density at radius 3 is 2.95 bits per heavy atom. The zero-order chi connectivity index (χ0) is 15.2. The smallest absolute Gasteiger partial charge is 0.327 e. The van der Waals surface area contributed by atoms with E-state index in [9.17, 15) is 14.7 Å².